The largest absolute Gasteiger partial charge is 0.489 e. The number of rotatable bonds is 4. The average Bonchev–Trinajstić information content (AvgIpc) is 3.88. The number of benzene rings is 4. The number of fused-ring (bicyclic) bond motifs is 20. The molecule has 7 aromatic rings. The Hall–Kier alpha value is -5.69. The standard InChI is InChI=1S/C40H30Cl3N9O3/c1-39(2,3)18-14-15-21-23(16-18)34-46-33(21)45-31-19-10-6-7-11-20(19)32(44-31)48-36-25-26(28(42)30(29(43)27(25)41)55-17-40(4,5)38(53)54)37(49-36)51-52-24-13-9-8-12-22(24)35(47-34)50-52/h6-16H,17H2,1-5H3,(H2,44,45,46,47,48,49,50,51,53,54)/p+1. The Balaban J connectivity index is 1.44. The minimum atomic E-state index is -1.26. The summed E-state index contributed by atoms with van der Waals surface area (Å²) in [5.41, 5.74) is 4.34. The molecule has 0 unspecified atom stereocenters. The fourth-order valence-electron chi connectivity index (χ4n) is 6.63. The summed E-state index contributed by atoms with van der Waals surface area (Å²) in [5.74, 6) is 0.177. The van der Waals surface area contributed by atoms with Crippen molar-refractivity contribution in [2.75, 3.05) is 6.61 Å². The van der Waals surface area contributed by atoms with Crippen LogP contribution in [0.4, 0.5) is 0 Å². The molecule has 9 rings (SSSR count). The van der Waals surface area contributed by atoms with Crippen LogP contribution in [-0.4, -0.2) is 57.8 Å². The SMILES string of the molecule is CC(C)(COc1c(Cl)c(Cl)c2c3nc4nc(nc5[nH]c(nc6n[n+](nc([nH]3)c2c1Cl)-c1ccccc1-6)c1cc(C(C)(C)C)ccc51)-c1ccccc1-4)C(=O)O. The summed E-state index contributed by atoms with van der Waals surface area (Å²) in [6.45, 7) is 9.33. The second-order valence-electron chi connectivity index (χ2n) is 15.1. The van der Waals surface area contributed by atoms with E-state index in [-0.39, 0.29) is 44.1 Å². The number of nitrogens with one attached hydrogen (secondary N) is 2. The van der Waals surface area contributed by atoms with E-state index in [1.54, 1.807) is 0 Å². The van der Waals surface area contributed by atoms with Gasteiger partial charge in [0.1, 0.15) is 34.1 Å². The molecule has 8 bridgehead atoms. The number of carbonyl (C=O) groups is 1. The van der Waals surface area contributed by atoms with Gasteiger partial charge in [0, 0.05) is 28.0 Å². The third-order valence-corrected chi connectivity index (χ3v) is 11.0. The average molecular weight is 792 g/mol. The van der Waals surface area contributed by atoms with Crippen molar-refractivity contribution in [1.29, 1.82) is 0 Å². The number of para-hydroxylation sites is 1. The first kappa shape index (κ1) is 35.0. The summed E-state index contributed by atoms with van der Waals surface area (Å²) in [5, 5.41) is 22.1. The van der Waals surface area contributed by atoms with Crippen LogP contribution in [0.25, 0.3) is 84.0 Å². The van der Waals surface area contributed by atoms with Crippen LogP contribution in [0.1, 0.15) is 40.2 Å². The molecule has 0 radical (unpaired) electrons. The first-order valence-electron chi connectivity index (χ1n) is 17.3. The van der Waals surface area contributed by atoms with Crippen molar-refractivity contribution in [3.05, 3.63) is 87.4 Å². The molecule has 55 heavy (non-hydrogen) atoms. The van der Waals surface area contributed by atoms with E-state index >= 15 is 0 Å². The van der Waals surface area contributed by atoms with Crippen LogP contribution in [0, 0.1) is 5.41 Å². The van der Waals surface area contributed by atoms with E-state index in [9.17, 15) is 9.90 Å². The Bertz CT molecular complexity index is 2990. The number of nitrogens with zero attached hydrogens (tertiary/aromatic N) is 7. The van der Waals surface area contributed by atoms with Crippen molar-refractivity contribution in [2.45, 2.75) is 40.0 Å². The number of carboxylic acid groups (broad SMARTS) is 1. The predicted molar refractivity (Wildman–Crippen MR) is 213 cm³/mol. The third-order valence-electron chi connectivity index (χ3n) is 9.80. The molecule has 5 heterocycles. The molecule has 274 valence electrons. The normalized spacial score (nSPS) is 12.6. The predicted octanol–water partition coefficient (Wildman–Crippen LogP) is 9.23. The molecule has 0 saturated carbocycles. The van der Waals surface area contributed by atoms with Crippen molar-refractivity contribution < 1.29 is 19.4 Å². The number of carboxylic acids is 1. The molecule has 2 aliphatic rings. The molecule has 3 N–H and O–H groups in total. The molecular weight excluding hydrogens is 761 g/mol. The molecule has 0 atom stereocenters. The van der Waals surface area contributed by atoms with Crippen molar-refractivity contribution >= 4 is 84.9 Å². The molecule has 0 spiro atoms. The highest BCUT2D eigenvalue weighted by molar-refractivity contribution is 6.51. The number of hydrogen-bond donors (Lipinski definition) is 3. The summed E-state index contributed by atoms with van der Waals surface area (Å²) in [7, 11) is 0. The molecule has 0 fully saturated rings. The van der Waals surface area contributed by atoms with Gasteiger partial charge in [-0.15, -0.1) is 0 Å². The van der Waals surface area contributed by atoms with Crippen LogP contribution in [0.2, 0.25) is 15.1 Å². The summed E-state index contributed by atoms with van der Waals surface area (Å²) in [6.07, 6.45) is 0. The molecule has 0 saturated heterocycles. The van der Waals surface area contributed by atoms with Crippen LogP contribution in [-0.2, 0) is 10.2 Å². The molecule has 0 amide bonds. The molecule has 12 nitrogen and oxygen atoms in total. The van der Waals surface area contributed by atoms with Gasteiger partial charge in [-0.05, 0) is 37.0 Å². The quantitative estimate of drug-likeness (QED) is 0.117. The lowest BCUT2D eigenvalue weighted by Crippen LogP contribution is -2.35. The number of H-pyrrole nitrogens is 2. The van der Waals surface area contributed by atoms with Crippen molar-refractivity contribution in [2.24, 2.45) is 5.41 Å². The second-order valence-corrected chi connectivity index (χ2v) is 16.3. The minimum Gasteiger partial charge on any atom is -0.489 e. The Kier molecular flexibility index (Phi) is 7.91. The fraction of sp³-hybridized carbons (Fsp3) is 0.200. The summed E-state index contributed by atoms with van der Waals surface area (Å²) >= 11 is 21.0. The Morgan fingerprint density at radius 3 is 1.98 bits per heavy atom. The van der Waals surface area contributed by atoms with Crippen LogP contribution in [0.3, 0.4) is 0 Å². The van der Waals surface area contributed by atoms with Crippen LogP contribution >= 0.6 is 34.8 Å². The maximum absolute atomic E-state index is 11.9. The number of hydrogen-bond acceptors (Lipinski definition) is 8. The summed E-state index contributed by atoms with van der Waals surface area (Å²) < 4.78 is 6.00. The lowest BCUT2D eigenvalue weighted by atomic mass is 9.86. The third kappa shape index (κ3) is 5.66. The maximum atomic E-state index is 11.9. The maximum Gasteiger partial charge on any atom is 0.312 e. The monoisotopic (exact) mass is 790 g/mol. The lowest BCUT2D eigenvalue weighted by molar-refractivity contribution is -0.711. The zero-order valence-electron chi connectivity index (χ0n) is 30.1. The van der Waals surface area contributed by atoms with Crippen LogP contribution in [0.15, 0.2) is 66.7 Å². The van der Waals surface area contributed by atoms with Crippen LogP contribution < -0.4 is 9.53 Å². The molecular formula is C40H31Cl3N9O3+. The number of halogens is 3. The fourth-order valence-corrected chi connectivity index (χ4v) is 7.52. The summed E-state index contributed by atoms with van der Waals surface area (Å²) in [6, 6.07) is 21.6. The highest BCUT2D eigenvalue weighted by Gasteiger charge is 2.32. The van der Waals surface area contributed by atoms with Gasteiger partial charge in [-0.25, -0.2) is 19.9 Å². The lowest BCUT2D eigenvalue weighted by Gasteiger charge is -2.21. The van der Waals surface area contributed by atoms with Crippen LogP contribution in [0.5, 0.6) is 5.75 Å². The topological polar surface area (TPSA) is 159 Å². The Morgan fingerprint density at radius 2 is 1.29 bits per heavy atom. The zero-order chi connectivity index (χ0) is 38.6. The second kappa shape index (κ2) is 12.4. The number of ether oxygens (including phenoxy) is 1. The van der Waals surface area contributed by atoms with E-state index in [1.165, 1.54) is 18.6 Å². The number of aromatic nitrogens is 9. The van der Waals surface area contributed by atoms with Gasteiger partial charge in [0.25, 0.3) is 5.69 Å². The molecule has 15 heteroatoms. The van der Waals surface area contributed by atoms with Gasteiger partial charge in [-0.2, -0.15) is 0 Å². The Morgan fingerprint density at radius 1 is 0.691 bits per heavy atom. The van der Waals surface area contributed by atoms with Gasteiger partial charge in [-0.1, -0.05) is 104 Å². The first-order chi connectivity index (χ1) is 26.2. The number of aromatic amines is 2. The van der Waals surface area contributed by atoms with Crippen molar-refractivity contribution in [3.8, 4) is 45.6 Å². The van der Waals surface area contributed by atoms with Gasteiger partial charge in [-0.3, -0.25) is 4.79 Å². The van der Waals surface area contributed by atoms with E-state index in [2.05, 4.69) is 48.9 Å². The molecule has 0 aliphatic carbocycles. The van der Waals surface area contributed by atoms with E-state index in [4.69, 9.17) is 69.7 Å². The number of aliphatic carboxylic acids is 1. The van der Waals surface area contributed by atoms with Gasteiger partial charge in [0.2, 0.25) is 11.5 Å². The zero-order valence-corrected chi connectivity index (χ0v) is 32.4. The molecule has 2 aliphatic heterocycles. The molecule has 3 aromatic heterocycles. The van der Waals surface area contributed by atoms with E-state index in [0.29, 0.717) is 45.2 Å². The van der Waals surface area contributed by atoms with E-state index in [1.807, 2.05) is 48.5 Å². The minimum absolute atomic E-state index is 0.00542. The summed E-state index contributed by atoms with van der Waals surface area (Å²) in [4.78, 5) is 40.3. The van der Waals surface area contributed by atoms with Crippen molar-refractivity contribution in [1.82, 2.24) is 40.1 Å². The van der Waals surface area contributed by atoms with Gasteiger partial charge < -0.3 is 19.8 Å². The molecule has 4 aromatic carbocycles. The smallest absolute Gasteiger partial charge is 0.312 e. The van der Waals surface area contributed by atoms with Gasteiger partial charge in [0.05, 0.1) is 41.2 Å². The van der Waals surface area contributed by atoms with Gasteiger partial charge >= 0.3 is 5.97 Å². The van der Waals surface area contributed by atoms with E-state index in [0.717, 1.165) is 33.0 Å². The first-order valence-corrected chi connectivity index (χ1v) is 18.5. The highest BCUT2D eigenvalue weighted by Crippen LogP contribution is 2.48. The van der Waals surface area contributed by atoms with Gasteiger partial charge in [0.15, 0.2) is 17.4 Å². The van der Waals surface area contributed by atoms with E-state index < -0.39 is 11.4 Å². The van der Waals surface area contributed by atoms with Crippen molar-refractivity contribution in [3.63, 3.8) is 0 Å². The highest BCUT2D eigenvalue weighted by atomic mass is 35.5. The Labute approximate surface area is 328 Å².